The predicted octanol–water partition coefficient (Wildman–Crippen LogP) is 1.35. The maximum atomic E-state index is 13.6. The maximum absolute atomic E-state index is 13.6. The molecule has 11 nitrogen and oxygen atoms in total. The second kappa shape index (κ2) is 8.66. The summed E-state index contributed by atoms with van der Waals surface area (Å²) in [5.74, 6) is 0.505. The molecule has 172 valence electrons. The molecule has 2 aliphatic heterocycles. The van der Waals surface area contributed by atoms with Crippen LogP contribution in [0.15, 0.2) is 39.7 Å². The summed E-state index contributed by atoms with van der Waals surface area (Å²) in [4.78, 5) is 38.5. The molecule has 0 spiro atoms. The standard InChI is InChI=1S/C22H25N7O4/c1-2-23-21-24-12-17-18(25-21)27-8-4-7-16(27)13-28(20(17)31)15-6-3-5-14(11-15)19-26-29(9-10-30)22(32)33-19/h3,5-6,11-12,16,30H,2,4,7-10,13H2,1H3,(H,23,24,25). The SMILES string of the molecule is CCNc1ncc2c(n1)N1CCCC1CN(c1cccc(-c3nn(CCO)c(=O)o3)c1)C2=O. The molecule has 1 unspecified atom stereocenters. The number of carbonyl (C=O) groups is 1. The number of hydrogen-bond donors (Lipinski definition) is 2. The third-order valence-corrected chi connectivity index (χ3v) is 5.94. The number of anilines is 3. The van der Waals surface area contributed by atoms with Gasteiger partial charge in [0, 0.05) is 43.1 Å². The van der Waals surface area contributed by atoms with Crippen LogP contribution in [0.3, 0.4) is 0 Å². The van der Waals surface area contributed by atoms with Crippen LogP contribution in [-0.2, 0) is 6.54 Å². The summed E-state index contributed by atoms with van der Waals surface area (Å²) in [5.41, 5.74) is 1.71. The van der Waals surface area contributed by atoms with Crippen molar-refractivity contribution in [3.63, 3.8) is 0 Å². The molecule has 1 saturated heterocycles. The van der Waals surface area contributed by atoms with Crippen LogP contribution in [-0.4, -0.2) is 63.0 Å². The highest BCUT2D eigenvalue weighted by Gasteiger charge is 2.37. The highest BCUT2D eigenvalue weighted by atomic mass is 16.4. The maximum Gasteiger partial charge on any atom is 0.437 e. The minimum atomic E-state index is -0.639. The fraction of sp³-hybridized carbons (Fsp3) is 0.409. The van der Waals surface area contributed by atoms with Crippen molar-refractivity contribution < 1.29 is 14.3 Å². The Morgan fingerprint density at radius 2 is 2.18 bits per heavy atom. The Morgan fingerprint density at radius 3 is 3.00 bits per heavy atom. The number of nitrogens with zero attached hydrogens (tertiary/aromatic N) is 6. The molecule has 1 aromatic carbocycles. The molecule has 0 saturated carbocycles. The minimum absolute atomic E-state index is 0.0514. The molecular weight excluding hydrogens is 426 g/mol. The fourth-order valence-electron chi connectivity index (χ4n) is 4.42. The Bertz CT molecular complexity index is 1240. The Balaban J connectivity index is 1.53. The van der Waals surface area contributed by atoms with Crippen molar-refractivity contribution in [2.45, 2.75) is 32.4 Å². The first-order chi connectivity index (χ1) is 16.1. The van der Waals surface area contributed by atoms with E-state index in [1.807, 2.05) is 13.0 Å². The van der Waals surface area contributed by atoms with E-state index < -0.39 is 5.76 Å². The number of aliphatic hydroxyl groups excluding tert-OH is 1. The Hall–Kier alpha value is -3.73. The molecule has 5 rings (SSSR count). The van der Waals surface area contributed by atoms with Gasteiger partial charge in [-0.25, -0.2) is 9.78 Å². The van der Waals surface area contributed by atoms with Gasteiger partial charge in [-0.3, -0.25) is 4.79 Å². The van der Waals surface area contributed by atoms with Crippen molar-refractivity contribution in [1.82, 2.24) is 19.7 Å². The van der Waals surface area contributed by atoms with E-state index in [2.05, 4.69) is 25.3 Å². The number of aromatic nitrogens is 4. The van der Waals surface area contributed by atoms with Crippen molar-refractivity contribution >= 4 is 23.4 Å². The van der Waals surface area contributed by atoms with Gasteiger partial charge in [-0.1, -0.05) is 6.07 Å². The summed E-state index contributed by atoms with van der Waals surface area (Å²) in [6.07, 6.45) is 3.58. The molecule has 33 heavy (non-hydrogen) atoms. The lowest BCUT2D eigenvalue weighted by atomic mass is 10.1. The van der Waals surface area contributed by atoms with Gasteiger partial charge in [-0.05, 0) is 38.0 Å². The number of aliphatic hydroxyl groups is 1. The largest absolute Gasteiger partial charge is 0.437 e. The molecule has 11 heteroatoms. The van der Waals surface area contributed by atoms with Gasteiger partial charge in [0.2, 0.25) is 11.8 Å². The van der Waals surface area contributed by atoms with Gasteiger partial charge in [-0.2, -0.15) is 9.67 Å². The smallest absolute Gasteiger partial charge is 0.394 e. The normalized spacial score (nSPS) is 17.6. The van der Waals surface area contributed by atoms with Crippen LogP contribution in [0.5, 0.6) is 0 Å². The number of amides is 1. The van der Waals surface area contributed by atoms with Crippen LogP contribution < -0.4 is 20.9 Å². The summed E-state index contributed by atoms with van der Waals surface area (Å²) in [5, 5.41) is 16.4. The van der Waals surface area contributed by atoms with E-state index in [0.29, 0.717) is 41.7 Å². The summed E-state index contributed by atoms with van der Waals surface area (Å²) < 4.78 is 6.33. The predicted molar refractivity (Wildman–Crippen MR) is 122 cm³/mol. The molecule has 1 atom stereocenters. The van der Waals surface area contributed by atoms with Gasteiger partial charge < -0.3 is 24.6 Å². The van der Waals surface area contributed by atoms with Crippen LogP contribution >= 0.6 is 0 Å². The second-order valence-electron chi connectivity index (χ2n) is 8.04. The summed E-state index contributed by atoms with van der Waals surface area (Å²) in [6.45, 7) is 3.85. The topological polar surface area (TPSA) is 130 Å². The Labute approximate surface area is 189 Å². The number of rotatable bonds is 6. The lowest BCUT2D eigenvalue weighted by Gasteiger charge is -2.27. The van der Waals surface area contributed by atoms with E-state index in [1.165, 1.54) is 0 Å². The van der Waals surface area contributed by atoms with E-state index in [0.717, 1.165) is 24.1 Å². The molecule has 2 aromatic heterocycles. The van der Waals surface area contributed by atoms with Crippen molar-refractivity contribution in [2.24, 2.45) is 0 Å². The zero-order valence-corrected chi connectivity index (χ0v) is 18.3. The van der Waals surface area contributed by atoms with Crippen LogP contribution in [0.1, 0.15) is 30.1 Å². The van der Waals surface area contributed by atoms with Gasteiger partial charge in [0.1, 0.15) is 11.4 Å². The highest BCUT2D eigenvalue weighted by Crippen LogP contribution is 2.34. The fourth-order valence-corrected chi connectivity index (χ4v) is 4.42. The third kappa shape index (κ3) is 3.84. The molecule has 2 aliphatic rings. The van der Waals surface area contributed by atoms with Crippen LogP contribution in [0, 0.1) is 0 Å². The lowest BCUT2D eigenvalue weighted by molar-refractivity contribution is 0.0988. The van der Waals surface area contributed by atoms with Crippen LogP contribution in [0.25, 0.3) is 11.5 Å². The zero-order chi connectivity index (χ0) is 22.9. The second-order valence-corrected chi connectivity index (χ2v) is 8.04. The Morgan fingerprint density at radius 1 is 1.30 bits per heavy atom. The number of hydrogen-bond acceptors (Lipinski definition) is 9. The molecule has 0 bridgehead atoms. The van der Waals surface area contributed by atoms with Gasteiger partial charge in [-0.15, -0.1) is 5.10 Å². The molecule has 2 N–H and O–H groups in total. The highest BCUT2D eigenvalue weighted by molar-refractivity contribution is 6.10. The van der Waals surface area contributed by atoms with Crippen molar-refractivity contribution in [2.75, 3.05) is 41.4 Å². The number of nitrogens with one attached hydrogen (secondary N) is 1. The average Bonchev–Trinajstić information content (AvgIpc) is 3.41. The van der Waals surface area contributed by atoms with Crippen molar-refractivity contribution in [3.05, 3.63) is 46.6 Å². The molecule has 1 fully saturated rings. The van der Waals surface area contributed by atoms with Gasteiger partial charge in [0.15, 0.2) is 0 Å². The molecule has 0 radical (unpaired) electrons. The zero-order valence-electron chi connectivity index (χ0n) is 18.3. The molecule has 1 amide bonds. The van der Waals surface area contributed by atoms with E-state index in [1.54, 1.807) is 29.3 Å². The first-order valence-electron chi connectivity index (χ1n) is 11.1. The van der Waals surface area contributed by atoms with Crippen molar-refractivity contribution in [3.8, 4) is 11.5 Å². The molecule has 3 aromatic rings. The summed E-state index contributed by atoms with van der Waals surface area (Å²) >= 11 is 0. The van der Waals surface area contributed by atoms with Crippen LogP contribution in [0.2, 0.25) is 0 Å². The van der Waals surface area contributed by atoms with Crippen molar-refractivity contribution in [1.29, 1.82) is 0 Å². The Kier molecular flexibility index (Phi) is 5.55. The summed E-state index contributed by atoms with van der Waals surface area (Å²) in [6, 6.07) is 7.34. The minimum Gasteiger partial charge on any atom is -0.394 e. The first-order valence-corrected chi connectivity index (χ1v) is 11.1. The number of carbonyl (C=O) groups excluding carboxylic acids is 1. The molecular formula is C22H25N7O4. The molecule has 0 aliphatic carbocycles. The van der Waals surface area contributed by atoms with E-state index in [9.17, 15) is 9.59 Å². The van der Waals surface area contributed by atoms with E-state index in [4.69, 9.17) is 9.52 Å². The average molecular weight is 451 g/mol. The van der Waals surface area contributed by atoms with Gasteiger partial charge in [0.25, 0.3) is 5.91 Å². The third-order valence-electron chi connectivity index (χ3n) is 5.94. The molecule has 4 heterocycles. The monoisotopic (exact) mass is 451 g/mol. The number of benzene rings is 1. The lowest BCUT2D eigenvalue weighted by Crippen LogP contribution is -2.39. The quantitative estimate of drug-likeness (QED) is 0.570. The van der Waals surface area contributed by atoms with Gasteiger partial charge >= 0.3 is 5.76 Å². The first kappa shape index (κ1) is 21.1. The van der Waals surface area contributed by atoms with Gasteiger partial charge in [0.05, 0.1) is 13.2 Å². The van der Waals surface area contributed by atoms with E-state index >= 15 is 0 Å². The van der Waals surface area contributed by atoms with E-state index in [-0.39, 0.29) is 31.0 Å². The summed E-state index contributed by atoms with van der Waals surface area (Å²) in [7, 11) is 0. The van der Waals surface area contributed by atoms with Crippen LogP contribution in [0.4, 0.5) is 17.5 Å². The number of fused-ring (bicyclic) bond motifs is 3.